The van der Waals surface area contributed by atoms with Crippen molar-refractivity contribution in [2.24, 2.45) is 18.7 Å². The molecule has 3 aromatic rings. The van der Waals surface area contributed by atoms with Gasteiger partial charge in [-0.05, 0) is 36.9 Å². The van der Waals surface area contributed by atoms with E-state index in [-0.39, 0.29) is 12.3 Å². The molecule has 186 valence electrons. The lowest BCUT2D eigenvalue weighted by molar-refractivity contribution is -0.192. The molecule has 35 heavy (non-hydrogen) atoms. The highest BCUT2D eigenvalue weighted by atomic mass is 19.4. The van der Waals surface area contributed by atoms with E-state index in [1.165, 1.54) is 5.56 Å². The van der Waals surface area contributed by atoms with Crippen LogP contribution in [0.3, 0.4) is 0 Å². The first-order valence-corrected chi connectivity index (χ1v) is 10.9. The van der Waals surface area contributed by atoms with Crippen molar-refractivity contribution in [3.8, 4) is 11.4 Å². The first-order chi connectivity index (χ1) is 16.6. The smallest absolute Gasteiger partial charge is 0.475 e. The Kier molecular flexibility index (Phi) is 8.23. The molecule has 11 heteroatoms. The summed E-state index contributed by atoms with van der Waals surface area (Å²) in [7, 11) is 1.91. The zero-order chi connectivity index (χ0) is 25.6. The number of alkyl halides is 3. The number of fused-ring (bicyclic) bond motifs is 1. The zero-order valence-corrected chi connectivity index (χ0v) is 19.1. The fraction of sp³-hybridized carbons (Fsp3) is 0.333. The van der Waals surface area contributed by atoms with Gasteiger partial charge in [-0.25, -0.2) is 4.79 Å². The number of carboxylic acid groups (broad SMARTS) is 1. The molecule has 0 fully saturated rings. The molecule has 0 radical (unpaired) electrons. The molecule has 0 saturated carbocycles. The Balaban J connectivity index is 0.000000429. The van der Waals surface area contributed by atoms with Gasteiger partial charge in [-0.3, -0.25) is 4.79 Å². The summed E-state index contributed by atoms with van der Waals surface area (Å²) in [4.78, 5) is 24.0. The average molecular weight is 489 g/mol. The monoisotopic (exact) mass is 489 g/mol. The highest BCUT2D eigenvalue weighted by Crippen LogP contribution is 2.31. The maximum Gasteiger partial charge on any atom is 0.490 e. The highest BCUT2D eigenvalue weighted by Gasteiger charge is 2.38. The molecule has 1 aliphatic heterocycles. The van der Waals surface area contributed by atoms with Crippen LogP contribution in [-0.4, -0.2) is 51.0 Å². The van der Waals surface area contributed by atoms with Gasteiger partial charge in [0, 0.05) is 24.8 Å². The third kappa shape index (κ3) is 6.44. The van der Waals surface area contributed by atoms with Gasteiger partial charge in [-0.15, -0.1) is 10.2 Å². The van der Waals surface area contributed by atoms with Gasteiger partial charge in [-0.1, -0.05) is 48.5 Å². The van der Waals surface area contributed by atoms with Gasteiger partial charge in [0.2, 0.25) is 5.91 Å². The van der Waals surface area contributed by atoms with E-state index in [9.17, 15) is 18.0 Å². The van der Waals surface area contributed by atoms with Crippen LogP contribution in [0.15, 0.2) is 54.6 Å². The first kappa shape index (κ1) is 25.9. The van der Waals surface area contributed by atoms with Crippen molar-refractivity contribution >= 4 is 17.6 Å². The number of carbonyl (C=O) groups excluding carboxylic acids is 1. The van der Waals surface area contributed by atoms with Gasteiger partial charge >= 0.3 is 12.1 Å². The van der Waals surface area contributed by atoms with Crippen molar-refractivity contribution in [2.45, 2.75) is 25.4 Å². The number of nitrogens with zero attached hydrogens (tertiary/aromatic N) is 4. The van der Waals surface area contributed by atoms with Gasteiger partial charge in [0.05, 0.1) is 6.42 Å². The summed E-state index contributed by atoms with van der Waals surface area (Å²) in [5.74, 6) is -0.884. The normalized spacial score (nSPS) is 15.1. The van der Waals surface area contributed by atoms with Crippen LogP contribution in [-0.2, 0) is 29.5 Å². The van der Waals surface area contributed by atoms with Gasteiger partial charge in [-0.2, -0.15) is 13.2 Å². The standard InChI is InChI=1S/C22H25N5O.C2HF3O2/c1-26-20(24-25-22(26)17-7-3-2-4-8-17)14-21(28)27-15-16(11-12-23)13-18-9-5-6-10-19(18)27;3-2(4,5)1(6)7/h2-10,16H,11-15,23H2,1H3;(H,6,7). The van der Waals surface area contributed by atoms with Crippen LogP contribution >= 0.6 is 0 Å². The molecular weight excluding hydrogens is 463 g/mol. The van der Waals surface area contributed by atoms with Crippen LogP contribution in [0.5, 0.6) is 0 Å². The predicted molar refractivity (Wildman–Crippen MR) is 123 cm³/mol. The zero-order valence-electron chi connectivity index (χ0n) is 19.1. The van der Waals surface area contributed by atoms with Crippen molar-refractivity contribution in [3.05, 3.63) is 66.0 Å². The van der Waals surface area contributed by atoms with Crippen molar-refractivity contribution in [1.82, 2.24) is 14.8 Å². The van der Waals surface area contributed by atoms with E-state index in [0.717, 1.165) is 29.9 Å². The van der Waals surface area contributed by atoms with Crippen LogP contribution in [0.25, 0.3) is 11.4 Å². The van der Waals surface area contributed by atoms with Crippen LogP contribution in [0.4, 0.5) is 18.9 Å². The topological polar surface area (TPSA) is 114 Å². The lowest BCUT2D eigenvalue weighted by Crippen LogP contribution is -2.41. The van der Waals surface area contributed by atoms with E-state index in [0.29, 0.717) is 24.8 Å². The third-order valence-corrected chi connectivity index (χ3v) is 5.66. The number of benzene rings is 2. The van der Waals surface area contributed by atoms with Gasteiger partial charge in [0.1, 0.15) is 5.82 Å². The van der Waals surface area contributed by atoms with E-state index < -0.39 is 12.1 Å². The maximum atomic E-state index is 13.2. The molecule has 2 aromatic carbocycles. The maximum absolute atomic E-state index is 13.2. The fourth-order valence-electron chi connectivity index (χ4n) is 3.93. The molecule has 2 heterocycles. The summed E-state index contributed by atoms with van der Waals surface area (Å²) in [6, 6.07) is 18.0. The minimum absolute atomic E-state index is 0.0456. The Hall–Kier alpha value is -3.73. The number of carbonyl (C=O) groups is 2. The SMILES string of the molecule is Cn1c(CC(=O)N2CC(CCN)Cc3ccccc32)nnc1-c1ccccc1.O=C(O)C(F)(F)F. The Morgan fingerprint density at radius 2 is 1.71 bits per heavy atom. The van der Waals surface area contributed by atoms with Gasteiger partial charge in [0.25, 0.3) is 0 Å². The summed E-state index contributed by atoms with van der Waals surface area (Å²) in [5, 5.41) is 15.7. The summed E-state index contributed by atoms with van der Waals surface area (Å²) in [6.45, 7) is 1.34. The molecule has 1 aromatic heterocycles. The lowest BCUT2D eigenvalue weighted by Gasteiger charge is -2.34. The van der Waals surface area contributed by atoms with Gasteiger partial charge in [0.15, 0.2) is 5.82 Å². The van der Waals surface area contributed by atoms with E-state index in [4.69, 9.17) is 15.6 Å². The molecule has 4 rings (SSSR count). The summed E-state index contributed by atoms with van der Waals surface area (Å²) >= 11 is 0. The van der Waals surface area contributed by atoms with Crippen LogP contribution in [0.1, 0.15) is 17.8 Å². The Bertz CT molecular complexity index is 1160. The minimum Gasteiger partial charge on any atom is -0.475 e. The predicted octanol–water partition coefficient (Wildman–Crippen LogP) is 3.21. The number of nitrogens with two attached hydrogens (primary N) is 1. The second kappa shape index (κ2) is 11.1. The molecule has 8 nitrogen and oxygen atoms in total. The van der Waals surface area contributed by atoms with E-state index >= 15 is 0 Å². The Morgan fingerprint density at radius 1 is 1.09 bits per heavy atom. The fourth-order valence-corrected chi connectivity index (χ4v) is 3.93. The molecule has 0 aliphatic carbocycles. The van der Waals surface area contributed by atoms with Crippen LogP contribution < -0.4 is 10.6 Å². The molecule has 3 N–H and O–H groups in total. The summed E-state index contributed by atoms with van der Waals surface area (Å²) in [5.41, 5.74) is 8.98. The van der Waals surface area contributed by atoms with Crippen LogP contribution in [0.2, 0.25) is 0 Å². The molecule has 1 aliphatic rings. The molecular formula is C24H26F3N5O3. The second-order valence-electron chi connectivity index (χ2n) is 8.13. The number of anilines is 1. The number of amides is 1. The highest BCUT2D eigenvalue weighted by molar-refractivity contribution is 5.95. The van der Waals surface area contributed by atoms with Crippen molar-refractivity contribution in [1.29, 1.82) is 0 Å². The largest absolute Gasteiger partial charge is 0.490 e. The van der Waals surface area contributed by atoms with E-state index in [2.05, 4.69) is 16.3 Å². The van der Waals surface area contributed by atoms with Crippen molar-refractivity contribution < 1.29 is 27.9 Å². The number of hydrogen-bond donors (Lipinski definition) is 2. The molecule has 1 atom stereocenters. The number of rotatable bonds is 5. The molecule has 0 saturated heterocycles. The van der Waals surface area contributed by atoms with Crippen LogP contribution in [0, 0.1) is 5.92 Å². The molecule has 0 spiro atoms. The number of aromatic nitrogens is 3. The Morgan fingerprint density at radius 3 is 2.34 bits per heavy atom. The molecule has 1 unspecified atom stereocenters. The minimum atomic E-state index is -5.08. The van der Waals surface area contributed by atoms with E-state index in [1.54, 1.807) is 0 Å². The summed E-state index contributed by atoms with van der Waals surface area (Å²) in [6.07, 6.45) is -2.97. The molecule has 0 bridgehead atoms. The Labute approximate surface area is 200 Å². The molecule has 1 amide bonds. The third-order valence-electron chi connectivity index (χ3n) is 5.66. The quantitative estimate of drug-likeness (QED) is 0.569. The number of carboxylic acids is 1. The number of para-hydroxylation sites is 1. The average Bonchev–Trinajstić information content (AvgIpc) is 3.19. The number of hydrogen-bond acceptors (Lipinski definition) is 5. The lowest BCUT2D eigenvalue weighted by atomic mass is 9.90. The summed E-state index contributed by atoms with van der Waals surface area (Å²) < 4.78 is 33.6. The van der Waals surface area contributed by atoms with Gasteiger partial charge < -0.3 is 20.3 Å². The van der Waals surface area contributed by atoms with Crippen molar-refractivity contribution in [2.75, 3.05) is 18.0 Å². The second-order valence-corrected chi connectivity index (χ2v) is 8.13. The van der Waals surface area contributed by atoms with E-state index in [1.807, 2.05) is 65.0 Å². The number of halogens is 3. The number of aliphatic carboxylic acids is 1. The first-order valence-electron chi connectivity index (χ1n) is 10.9. The van der Waals surface area contributed by atoms with Crippen molar-refractivity contribution in [3.63, 3.8) is 0 Å².